The minimum Gasteiger partial charge on any atom is -0.337 e. The van der Waals surface area contributed by atoms with Crippen LogP contribution in [0.3, 0.4) is 0 Å². The Labute approximate surface area is 171 Å². The van der Waals surface area contributed by atoms with Crippen LogP contribution in [0.15, 0.2) is 75.9 Å². The number of benzene rings is 2. The first-order valence-corrected chi connectivity index (χ1v) is 12.1. The fourth-order valence-corrected chi connectivity index (χ4v) is 5.81. The van der Waals surface area contributed by atoms with Gasteiger partial charge < -0.3 is 4.57 Å². The normalized spacial score (nSPS) is 12.2. The summed E-state index contributed by atoms with van der Waals surface area (Å²) in [4.78, 5) is 4.01. The van der Waals surface area contributed by atoms with Gasteiger partial charge >= 0.3 is 0 Å². The predicted octanol–water partition coefficient (Wildman–Crippen LogP) is 2.70. The van der Waals surface area contributed by atoms with Crippen molar-refractivity contribution in [2.24, 2.45) is 0 Å². The zero-order chi connectivity index (χ0) is 21.1. The lowest BCUT2D eigenvalue weighted by atomic mass is 10.1. The average Bonchev–Trinajstić information content (AvgIpc) is 3.21. The molecule has 0 saturated carbocycles. The standard InChI is InChI=1S/C20H23N3O4S2/c1-16-13-19(28(24,25)18-7-4-3-5-8-18)14-20(17(16)2)29(26,27)22-9-6-11-23-12-10-21-15-23/h3-5,7-8,10,12-15,22H,6,9,11H2,1-2H3. The summed E-state index contributed by atoms with van der Waals surface area (Å²) in [6.45, 7) is 4.24. The minimum absolute atomic E-state index is 0.0189. The smallest absolute Gasteiger partial charge is 0.240 e. The molecule has 154 valence electrons. The molecule has 0 aliphatic rings. The molecule has 29 heavy (non-hydrogen) atoms. The maximum Gasteiger partial charge on any atom is 0.240 e. The van der Waals surface area contributed by atoms with Gasteiger partial charge in [0.2, 0.25) is 19.9 Å². The van der Waals surface area contributed by atoms with Gasteiger partial charge in [-0.05, 0) is 55.7 Å². The second-order valence-electron chi connectivity index (χ2n) is 6.73. The van der Waals surface area contributed by atoms with Crippen molar-refractivity contribution in [3.63, 3.8) is 0 Å². The van der Waals surface area contributed by atoms with Crippen molar-refractivity contribution in [2.75, 3.05) is 6.54 Å². The van der Waals surface area contributed by atoms with Crippen LogP contribution in [0.4, 0.5) is 0 Å². The molecule has 0 atom stereocenters. The van der Waals surface area contributed by atoms with E-state index in [1.165, 1.54) is 24.3 Å². The van der Waals surface area contributed by atoms with Crippen molar-refractivity contribution < 1.29 is 16.8 Å². The number of sulfonamides is 1. The number of imidazole rings is 1. The number of hydrogen-bond acceptors (Lipinski definition) is 5. The first-order chi connectivity index (χ1) is 13.7. The molecule has 1 heterocycles. The van der Waals surface area contributed by atoms with E-state index in [0.29, 0.717) is 24.1 Å². The molecule has 0 unspecified atom stereocenters. The fourth-order valence-electron chi connectivity index (χ4n) is 2.93. The van der Waals surface area contributed by atoms with E-state index in [9.17, 15) is 16.8 Å². The van der Waals surface area contributed by atoms with Gasteiger partial charge in [0.25, 0.3) is 0 Å². The van der Waals surface area contributed by atoms with Gasteiger partial charge in [-0.25, -0.2) is 26.5 Å². The Bertz CT molecular complexity index is 1190. The van der Waals surface area contributed by atoms with Crippen LogP contribution in [0.1, 0.15) is 17.5 Å². The van der Waals surface area contributed by atoms with Crippen molar-refractivity contribution in [1.29, 1.82) is 0 Å². The van der Waals surface area contributed by atoms with Crippen LogP contribution in [-0.4, -0.2) is 32.9 Å². The molecule has 0 bridgehead atoms. The lowest BCUT2D eigenvalue weighted by Crippen LogP contribution is -2.26. The number of aryl methyl sites for hydroxylation is 2. The Hall–Kier alpha value is -2.49. The van der Waals surface area contributed by atoms with E-state index in [0.717, 1.165) is 0 Å². The second kappa shape index (κ2) is 8.48. The van der Waals surface area contributed by atoms with Crippen LogP contribution in [0.25, 0.3) is 0 Å². The molecule has 0 fully saturated rings. The molecule has 0 spiro atoms. The zero-order valence-corrected chi connectivity index (χ0v) is 17.9. The monoisotopic (exact) mass is 433 g/mol. The summed E-state index contributed by atoms with van der Waals surface area (Å²) < 4.78 is 56.0. The summed E-state index contributed by atoms with van der Waals surface area (Å²) in [5, 5.41) is 0. The van der Waals surface area contributed by atoms with Crippen LogP contribution in [0.2, 0.25) is 0 Å². The minimum atomic E-state index is -3.86. The fraction of sp³-hybridized carbons (Fsp3) is 0.250. The highest BCUT2D eigenvalue weighted by Gasteiger charge is 2.24. The van der Waals surface area contributed by atoms with Gasteiger partial charge in [-0.15, -0.1) is 0 Å². The Balaban J connectivity index is 1.86. The van der Waals surface area contributed by atoms with Gasteiger partial charge in [0.1, 0.15) is 0 Å². The molecule has 3 rings (SSSR count). The SMILES string of the molecule is Cc1cc(S(=O)(=O)c2ccccc2)cc(S(=O)(=O)NCCCn2ccnc2)c1C. The van der Waals surface area contributed by atoms with E-state index < -0.39 is 19.9 Å². The Morgan fingerprint density at radius 2 is 1.72 bits per heavy atom. The van der Waals surface area contributed by atoms with E-state index in [1.807, 2.05) is 4.57 Å². The summed E-state index contributed by atoms with van der Waals surface area (Å²) in [7, 11) is -7.68. The highest BCUT2D eigenvalue weighted by molar-refractivity contribution is 7.91. The van der Waals surface area contributed by atoms with Crippen molar-refractivity contribution in [3.05, 3.63) is 72.3 Å². The third-order valence-corrected chi connectivity index (χ3v) is 8.03. The highest BCUT2D eigenvalue weighted by Crippen LogP contribution is 2.27. The molecular weight excluding hydrogens is 410 g/mol. The van der Waals surface area contributed by atoms with Gasteiger partial charge in [0.05, 0.1) is 21.0 Å². The van der Waals surface area contributed by atoms with E-state index in [2.05, 4.69) is 9.71 Å². The summed E-state index contributed by atoms with van der Waals surface area (Å²) >= 11 is 0. The number of nitrogens with one attached hydrogen (secondary N) is 1. The van der Waals surface area contributed by atoms with Crippen molar-refractivity contribution in [3.8, 4) is 0 Å². The van der Waals surface area contributed by atoms with Gasteiger partial charge in [0.15, 0.2) is 0 Å². The summed E-state index contributed by atoms with van der Waals surface area (Å²) in [5.41, 5.74) is 1.12. The Morgan fingerprint density at radius 1 is 1.00 bits per heavy atom. The molecule has 1 N–H and O–H groups in total. The van der Waals surface area contributed by atoms with Gasteiger partial charge in [-0.3, -0.25) is 0 Å². The van der Waals surface area contributed by atoms with Crippen molar-refractivity contribution in [1.82, 2.24) is 14.3 Å². The van der Waals surface area contributed by atoms with Crippen LogP contribution in [0.5, 0.6) is 0 Å². The number of hydrogen-bond donors (Lipinski definition) is 1. The third kappa shape index (κ3) is 4.75. The molecule has 7 nitrogen and oxygen atoms in total. The maximum absolute atomic E-state index is 12.9. The maximum atomic E-state index is 12.9. The molecule has 0 saturated heterocycles. The average molecular weight is 434 g/mol. The molecule has 1 aromatic heterocycles. The largest absolute Gasteiger partial charge is 0.337 e. The zero-order valence-electron chi connectivity index (χ0n) is 16.2. The van der Waals surface area contributed by atoms with E-state index in [-0.39, 0.29) is 21.2 Å². The topological polar surface area (TPSA) is 98.1 Å². The Morgan fingerprint density at radius 3 is 2.38 bits per heavy atom. The van der Waals surface area contributed by atoms with Crippen molar-refractivity contribution in [2.45, 2.75) is 41.5 Å². The molecule has 0 aliphatic heterocycles. The molecule has 2 aromatic carbocycles. The first-order valence-electron chi connectivity index (χ1n) is 9.08. The molecule has 9 heteroatoms. The van der Waals surface area contributed by atoms with Crippen LogP contribution < -0.4 is 4.72 Å². The molecule has 3 aromatic rings. The highest BCUT2D eigenvalue weighted by atomic mass is 32.2. The van der Waals surface area contributed by atoms with Crippen LogP contribution >= 0.6 is 0 Å². The van der Waals surface area contributed by atoms with Crippen molar-refractivity contribution >= 4 is 19.9 Å². The number of sulfone groups is 1. The van der Waals surface area contributed by atoms with E-state index in [1.54, 1.807) is 50.8 Å². The lowest BCUT2D eigenvalue weighted by molar-refractivity contribution is 0.569. The lowest BCUT2D eigenvalue weighted by Gasteiger charge is -2.14. The number of nitrogens with zero attached hydrogens (tertiary/aromatic N) is 2. The molecule has 0 aliphatic carbocycles. The third-order valence-electron chi connectivity index (χ3n) is 4.69. The van der Waals surface area contributed by atoms with E-state index >= 15 is 0 Å². The summed E-state index contributed by atoms with van der Waals surface area (Å²) in [6, 6.07) is 10.7. The van der Waals surface area contributed by atoms with E-state index in [4.69, 9.17) is 0 Å². The molecule has 0 amide bonds. The second-order valence-corrected chi connectivity index (χ2v) is 10.4. The first kappa shape index (κ1) is 21.2. The number of rotatable bonds is 8. The van der Waals surface area contributed by atoms with Gasteiger partial charge in [-0.2, -0.15) is 0 Å². The summed E-state index contributed by atoms with van der Waals surface area (Å²) in [5.74, 6) is 0. The molecule has 0 radical (unpaired) electrons. The quantitative estimate of drug-likeness (QED) is 0.551. The molecular formula is C20H23N3O4S2. The summed E-state index contributed by atoms with van der Waals surface area (Å²) in [6.07, 6.45) is 5.71. The van der Waals surface area contributed by atoms with Gasteiger partial charge in [0, 0.05) is 25.5 Å². The number of aromatic nitrogens is 2. The van der Waals surface area contributed by atoms with Gasteiger partial charge in [-0.1, -0.05) is 18.2 Å². The van der Waals surface area contributed by atoms with Crippen LogP contribution in [0, 0.1) is 13.8 Å². The predicted molar refractivity (Wildman–Crippen MR) is 110 cm³/mol. The Kier molecular flexibility index (Phi) is 6.21. The van der Waals surface area contributed by atoms with Crippen LogP contribution in [-0.2, 0) is 26.4 Å².